The lowest BCUT2D eigenvalue weighted by molar-refractivity contribution is 0.102. The number of carbonyl (C=O) groups excluding carboxylic acids is 1. The van der Waals surface area contributed by atoms with Crippen LogP contribution in [0.4, 0.5) is 5.13 Å². The Bertz CT molecular complexity index is 900. The maximum atomic E-state index is 12.5. The summed E-state index contributed by atoms with van der Waals surface area (Å²) < 4.78 is 10.9. The summed E-state index contributed by atoms with van der Waals surface area (Å²) in [6.07, 6.45) is 3.05. The highest BCUT2D eigenvalue weighted by Gasteiger charge is 2.13. The summed E-state index contributed by atoms with van der Waals surface area (Å²) in [7, 11) is 0. The molecule has 0 atom stereocenters. The molecule has 0 saturated heterocycles. The molecule has 1 N–H and O–H groups in total. The molecule has 27 heavy (non-hydrogen) atoms. The molecule has 0 aliphatic rings. The van der Waals surface area contributed by atoms with Crippen LogP contribution in [0.3, 0.4) is 0 Å². The molecule has 0 unspecified atom stereocenters. The molecule has 1 amide bonds. The number of ether oxygens (including phenoxy) is 1. The maximum absolute atomic E-state index is 12.5. The van der Waals surface area contributed by atoms with Gasteiger partial charge < -0.3 is 9.26 Å². The number of carbonyl (C=O) groups is 1. The molecule has 7 nitrogen and oxygen atoms in total. The van der Waals surface area contributed by atoms with Crippen LogP contribution >= 0.6 is 11.3 Å². The predicted octanol–water partition coefficient (Wildman–Crippen LogP) is 4.32. The molecule has 2 aromatic heterocycles. The van der Waals surface area contributed by atoms with Gasteiger partial charge in [0.05, 0.1) is 11.3 Å². The van der Waals surface area contributed by atoms with E-state index in [1.807, 2.05) is 19.9 Å². The van der Waals surface area contributed by atoms with Crippen molar-refractivity contribution in [3.63, 3.8) is 0 Å². The molecule has 8 heteroatoms. The van der Waals surface area contributed by atoms with Gasteiger partial charge in [-0.25, -0.2) is 0 Å². The van der Waals surface area contributed by atoms with E-state index in [1.54, 1.807) is 18.2 Å². The van der Waals surface area contributed by atoms with E-state index in [-0.39, 0.29) is 5.91 Å². The van der Waals surface area contributed by atoms with Gasteiger partial charge in [0.2, 0.25) is 5.13 Å². The van der Waals surface area contributed by atoms with Crippen LogP contribution in [0.1, 0.15) is 52.1 Å². The highest BCUT2D eigenvalue weighted by atomic mass is 32.1. The number of hydrogen-bond donors (Lipinski definition) is 1. The zero-order valence-corrected chi connectivity index (χ0v) is 16.4. The first-order chi connectivity index (χ1) is 13.1. The van der Waals surface area contributed by atoms with E-state index in [4.69, 9.17) is 9.26 Å². The number of aromatic nitrogens is 3. The van der Waals surface area contributed by atoms with Gasteiger partial charge >= 0.3 is 0 Å². The molecule has 0 spiro atoms. The Balaban J connectivity index is 1.62. The largest absolute Gasteiger partial charge is 0.489 e. The molecule has 3 rings (SSSR count). The van der Waals surface area contributed by atoms with Crippen molar-refractivity contribution < 1.29 is 14.1 Å². The summed E-state index contributed by atoms with van der Waals surface area (Å²) in [6.45, 7) is 6.18. The third kappa shape index (κ3) is 4.91. The first kappa shape index (κ1) is 19.0. The van der Waals surface area contributed by atoms with Gasteiger partial charge in [0, 0.05) is 12.0 Å². The van der Waals surface area contributed by atoms with Gasteiger partial charge in [-0.15, -0.1) is 10.2 Å². The lowest BCUT2D eigenvalue weighted by Gasteiger charge is -2.07. The number of anilines is 1. The SMILES string of the molecule is CCCCc1nnc(NC(=O)c2cccc(OCc3c(C)noc3C)c2)s1. The standard InChI is InChI=1S/C19H22N4O3S/c1-4-5-9-17-21-22-19(27-17)20-18(24)14-7-6-8-15(10-14)25-11-16-12(2)23-26-13(16)3/h6-8,10H,4-5,9,11H2,1-3H3,(H,20,22,24). The molecule has 0 bridgehead atoms. The molecule has 0 aliphatic heterocycles. The Morgan fingerprint density at radius 3 is 2.89 bits per heavy atom. The van der Waals surface area contributed by atoms with E-state index < -0.39 is 0 Å². The fourth-order valence-corrected chi connectivity index (χ4v) is 3.27. The average Bonchev–Trinajstić information content (AvgIpc) is 3.25. The van der Waals surface area contributed by atoms with Gasteiger partial charge in [0.15, 0.2) is 0 Å². The monoisotopic (exact) mass is 386 g/mol. The van der Waals surface area contributed by atoms with Crippen LogP contribution < -0.4 is 10.1 Å². The molecule has 1 aromatic carbocycles. The Hall–Kier alpha value is -2.74. The highest BCUT2D eigenvalue weighted by molar-refractivity contribution is 7.15. The topological polar surface area (TPSA) is 90.1 Å². The van der Waals surface area contributed by atoms with Crippen molar-refractivity contribution >= 4 is 22.4 Å². The van der Waals surface area contributed by atoms with Gasteiger partial charge in [-0.1, -0.05) is 35.9 Å². The highest BCUT2D eigenvalue weighted by Crippen LogP contribution is 2.21. The number of aryl methyl sites for hydroxylation is 3. The molecule has 0 fully saturated rings. The number of unbranched alkanes of at least 4 members (excludes halogenated alkanes) is 1. The molecule has 2 heterocycles. The number of benzene rings is 1. The zero-order valence-electron chi connectivity index (χ0n) is 15.6. The van der Waals surface area contributed by atoms with E-state index in [2.05, 4.69) is 27.6 Å². The van der Waals surface area contributed by atoms with E-state index in [0.29, 0.717) is 23.1 Å². The van der Waals surface area contributed by atoms with Crippen molar-refractivity contribution in [2.24, 2.45) is 0 Å². The van der Waals surface area contributed by atoms with Gasteiger partial charge in [0.25, 0.3) is 5.91 Å². The first-order valence-electron chi connectivity index (χ1n) is 8.85. The van der Waals surface area contributed by atoms with Crippen LogP contribution in [0.2, 0.25) is 0 Å². The van der Waals surface area contributed by atoms with Crippen LogP contribution in [-0.2, 0) is 13.0 Å². The number of rotatable bonds is 8. The fourth-order valence-electron chi connectivity index (χ4n) is 2.49. The summed E-state index contributed by atoms with van der Waals surface area (Å²) in [5, 5.41) is 16.3. The third-order valence-electron chi connectivity index (χ3n) is 4.09. The van der Waals surface area contributed by atoms with Crippen LogP contribution in [-0.4, -0.2) is 21.3 Å². The Morgan fingerprint density at radius 1 is 1.30 bits per heavy atom. The summed E-state index contributed by atoms with van der Waals surface area (Å²) in [4.78, 5) is 12.5. The number of nitrogens with zero attached hydrogens (tertiary/aromatic N) is 3. The van der Waals surface area contributed by atoms with Crippen molar-refractivity contribution in [1.82, 2.24) is 15.4 Å². The summed E-state index contributed by atoms with van der Waals surface area (Å²) in [5.74, 6) is 1.09. The van der Waals surface area contributed by atoms with E-state index in [1.165, 1.54) is 11.3 Å². The maximum Gasteiger partial charge on any atom is 0.257 e. The van der Waals surface area contributed by atoms with Crippen molar-refractivity contribution in [2.45, 2.75) is 46.6 Å². The summed E-state index contributed by atoms with van der Waals surface area (Å²) >= 11 is 1.41. The van der Waals surface area contributed by atoms with Crippen molar-refractivity contribution in [2.75, 3.05) is 5.32 Å². The zero-order chi connectivity index (χ0) is 19.2. The minimum atomic E-state index is -0.240. The molecular formula is C19H22N4O3S. The van der Waals surface area contributed by atoms with Crippen molar-refractivity contribution in [3.8, 4) is 5.75 Å². The van der Waals surface area contributed by atoms with Crippen LogP contribution in [0.25, 0.3) is 0 Å². The second-order valence-corrected chi connectivity index (χ2v) is 7.24. The Morgan fingerprint density at radius 2 is 2.15 bits per heavy atom. The minimum Gasteiger partial charge on any atom is -0.489 e. The molecule has 0 radical (unpaired) electrons. The quantitative estimate of drug-likeness (QED) is 0.620. The van der Waals surface area contributed by atoms with Gasteiger partial charge in [0.1, 0.15) is 23.1 Å². The van der Waals surface area contributed by atoms with Crippen molar-refractivity contribution in [1.29, 1.82) is 0 Å². The lowest BCUT2D eigenvalue weighted by atomic mass is 10.2. The molecule has 3 aromatic rings. The normalized spacial score (nSPS) is 10.8. The lowest BCUT2D eigenvalue weighted by Crippen LogP contribution is -2.11. The fraction of sp³-hybridized carbons (Fsp3) is 0.368. The second-order valence-electron chi connectivity index (χ2n) is 6.18. The number of hydrogen-bond acceptors (Lipinski definition) is 7. The second kappa shape index (κ2) is 8.77. The predicted molar refractivity (Wildman–Crippen MR) is 103 cm³/mol. The van der Waals surface area contributed by atoms with Gasteiger partial charge in [-0.05, 0) is 38.5 Å². The molecule has 0 saturated carbocycles. The average molecular weight is 386 g/mol. The molecule has 0 aliphatic carbocycles. The number of nitrogens with one attached hydrogen (secondary N) is 1. The summed E-state index contributed by atoms with van der Waals surface area (Å²) in [6, 6.07) is 7.02. The number of amides is 1. The first-order valence-corrected chi connectivity index (χ1v) is 9.66. The van der Waals surface area contributed by atoms with Crippen LogP contribution in [0.5, 0.6) is 5.75 Å². The smallest absolute Gasteiger partial charge is 0.257 e. The van der Waals surface area contributed by atoms with Crippen molar-refractivity contribution in [3.05, 3.63) is 51.9 Å². The Labute approximate surface area is 161 Å². The molecule has 142 valence electrons. The summed E-state index contributed by atoms with van der Waals surface area (Å²) in [5.41, 5.74) is 2.21. The van der Waals surface area contributed by atoms with E-state index in [9.17, 15) is 4.79 Å². The van der Waals surface area contributed by atoms with Crippen LogP contribution in [0, 0.1) is 13.8 Å². The van der Waals surface area contributed by atoms with E-state index in [0.717, 1.165) is 41.3 Å². The van der Waals surface area contributed by atoms with Gasteiger partial charge in [-0.2, -0.15) is 0 Å². The molecular weight excluding hydrogens is 364 g/mol. The van der Waals surface area contributed by atoms with E-state index >= 15 is 0 Å². The third-order valence-corrected chi connectivity index (χ3v) is 4.99. The van der Waals surface area contributed by atoms with Crippen LogP contribution in [0.15, 0.2) is 28.8 Å². The minimum absolute atomic E-state index is 0.240. The van der Waals surface area contributed by atoms with Gasteiger partial charge in [-0.3, -0.25) is 10.1 Å². The Kier molecular flexibility index (Phi) is 6.18.